The molecule has 0 radical (unpaired) electrons. The average Bonchev–Trinajstić information content (AvgIpc) is 2.93. The molecule has 0 saturated heterocycles. The van der Waals surface area contributed by atoms with E-state index in [0.29, 0.717) is 46.7 Å². The Labute approximate surface area is 221 Å². The summed E-state index contributed by atoms with van der Waals surface area (Å²) in [7, 11) is 3.20. The predicted molar refractivity (Wildman–Crippen MR) is 146 cm³/mol. The fourth-order valence-electron chi connectivity index (χ4n) is 5.31. The van der Waals surface area contributed by atoms with Gasteiger partial charge in [0.1, 0.15) is 10.9 Å². The van der Waals surface area contributed by atoms with E-state index in [1.807, 2.05) is 37.3 Å². The van der Waals surface area contributed by atoms with Gasteiger partial charge in [-0.2, -0.15) is 0 Å². The highest BCUT2D eigenvalue weighted by Gasteiger charge is 2.26. The van der Waals surface area contributed by atoms with Crippen LogP contribution in [0.25, 0.3) is 16.7 Å². The molecule has 9 heteroatoms. The van der Waals surface area contributed by atoms with Crippen molar-refractivity contribution in [2.45, 2.75) is 58.0 Å². The molecule has 1 aromatic carbocycles. The van der Waals surface area contributed by atoms with Crippen LogP contribution in [0.4, 0.5) is 5.82 Å². The first-order chi connectivity index (χ1) is 18.4. The van der Waals surface area contributed by atoms with Crippen molar-refractivity contribution < 1.29 is 18.8 Å². The van der Waals surface area contributed by atoms with Crippen molar-refractivity contribution >= 4 is 28.4 Å². The minimum absolute atomic E-state index is 0.116. The van der Waals surface area contributed by atoms with Crippen LogP contribution in [0.2, 0.25) is 0 Å². The lowest BCUT2D eigenvalue weighted by atomic mass is 9.95. The molecule has 4 aromatic rings. The molecular formula is C29H34N5O4+. The quantitative estimate of drug-likeness (QED) is 0.288. The molecule has 3 N–H and O–H groups in total. The Morgan fingerprint density at radius 2 is 1.89 bits per heavy atom. The van der Waals surface area contributed by atoms with Crippen LogP contribution < -0.4 is 30.7 Å². The molecule has 0 atom stereocenters. The summed E-state index contributed by atoms with van der Waals surface area (Å²) in [6, 6.07) is 11.2. The van der Waals surface area contributed by atoms with Gasteiger partial charge in [0.15, 0.2) is 11.5 Å². The number of nitrogens with one attached hydrogen (secondary N) is 1. The third-order valence-corrected chi connectivity index (χ3v) is 7.43. The first-order valence-corrected chi connectivity index (χ1v) is 13.1. The Morgan fingerprint density at radius 1 is 1.13 bits per heavy atom. The smallest absolute Gasteiger partial charge is 0.278 e. The van der Waals surface area contributed by atoms with Crippen LogP contribution in [-0.4, -0.2) is 35.6 Å². The number of hydrogen-bond acceptors (Lipinski definition) is 6. The Morgan fingerprint density at radius 3 is 2.63 bits per heavy atom. The first-order valence-electron chi connectivity index (χ1n) is 13.1. The van der Waals surface area contributed by atoms with Gasteiger partial charge in [-0.15, -0.1) is 0 Å². The van der Waals surface area contributed by atoms with Gasteiger partial charge in [-0.05, 0) is 49.6 Å². The molecule has 198 valence electrons. The number of aryl methyl sites for hydroxylation is 3. The first kappa shape index (κ1) is 25.5. The topological polar surface area (TPSA) is 112 Å². The van der Waals surface area contributed by atoms with E-state index in [0.717, 1.165) is 36.8 Å². The fourth-order valence-corrected chi connectivity index (χ4v) is 5.31. The minimum Gasteiger partial charge on any atom is -0.493 e. The third kappa shape index (κ3) is 4.76. The van der Waals surface area contributed by atoms with Gasteiger partial charge in [0, 0.05) is 24.2 Å². The number of anilines is 1. The van der Waals surface area contributed by atoms with E-state index >= 15 is 0 Å². The van der Waals surface area contributed by atoms with Crippen molar-refractivity contribution in [1.29, 1.82) is 0 Å². The second-order valence-corrected chi connectivity index (χ2v) is 9.88. The number of nitrogen functional groups attached to an aromatic ring is 1. The summed E-state index contributed by atoms with van der Waals surface area (Å²) in [5, 5.41) is 3.49. The number of rotatable bonds is 7. The Kier molecular flexibility index (Phi) is 7.18. The summed E-state index contributed by atoms with van der Waals surface area (Å²) >= 11 is 0. The van der Waals surface area contributed by atoms with E-state index in [9.17, 15) is 9.59 Å². The van der Waals surface area contributed by atoms with Gasteiger partial charge >= 0.3 is 0 Å². The molecule has 1 amide bonds. The molecule has 3 aromatic heterocycles. The lowest BCUT2D eigenvalue weighted by molar-refractivity contribution is -0.658. The SMILES string of the molecule is COc1ccc(CC[n+]2c(N)c(C(=O)NC3CCCCC3)cc3c(=O)n4cccc(C)c4nc32)cc1OC. The number of nitrogens with two attached hydrogens (primary N) is 1. The highest BCUT2D eigenvalue weighted by atomic mass is 16.5. The van der Waals surface area contributed by atoms with Crippen molar-refractivity contribution in [2.75, 3.05) is 20.0 Å². The van der Waals surface area contributed by atoms with E-state index < -0.39 is 0 Å². The molecule has 0 unspecified atom stereocenters. The Balaban J connectivity index is 1.62. The molecule has 38 heavy (non-hydrogen) atoms. The van der Waals surface area contributed by atoms with Gasteiger partial charge in [0.25, 0.3) is 17.1 Å². The van der Waals surface area contributed by atoms with Crippen molar-refractivity contribution in [3.63, 3.8) is 0 Å². The summed E-state index contributed by atoms with van der Waals surface area (Å²) in [4.78, 5) is 31.9. The minimum atomic E-state index is -0.259. The van der Waals surface area contributed by atoms with Gasteiger partial charge in [-0.3, -0.25) is 14.0 Å². The fraction of sp³-hybridized carbons (Fsp3) is 0.379. The lowest BCUT2D eigenvalue weighted by Crippen LogP contribution is -2.44. The Hall–Kier alpha value is -4.14. The molecule has 0 bridgehead atoms. The maximum atomic E-state index is 13.6. The summed E-state index contributed by atoms with van der Waals surface area (Å²) in [6.45, 7) is 2.33. The molecule has 9 nitrogen and oxygen atoms in total. The predicted octanol–water partition coefficient (Wildman–Crippen LogP) is 3.35. The zero-order valence-corrected chi connectivity index (χ0v) is 22.1. The summed E-state index contributed by atoms with van der Waals surface area (Å²) < 4.78 is 14.1. The van der Waals surface area contributed by atoms with E-state index in [1.165, 1.54) is 10.8 Å². The van der Waals surface area contributed by atoms with Gasteiger partial charge in [0.05, 0.1) is 20.8 Å². The van der Waals surface area contributed by atoms with E-state index in [1.54, 1.807) is 31.0 Å². The third-order valence-electron chi connectivity index (χ3n) is 7.43. The maximum absolute atomic E-state index is 13.6. The van der Waals surface area contributed by atoms with Crippen molar-refractivity contribution in [2.24, 2.45) is 0 Å². The number of pyridine rings is 2. The van der Waals surface area contributed by atoms with E-state index in [4.69, 9.17) is 20.2 Å². The second-order valence-electron chi connectivity index (χ2n) is 9.88. The molecule has 3 heterocycles. The number of ether oxygens (including phenoxy) is 2. The van der Waals surface area contributed by atoms with Crippen molar-refractivity contribution in [3.8, 4) is 11.5 Å². The highest BCUT2D eigenvalue weighted by Crippen LogP contribution is 2.28. The lowest BCUT2D eigenvalue weighted by Gasteiger charge is -2.23. The molecule has 0 aliphatic heterocycles. The van der Waals surface area contributed by atoms with Crippen LogP contribution in [0, 0.1) is 6.92 Å². The van der Waals surface area contributed by atoms with Crippen LogP contribution in [-0.2, 0) is 13.0 Å². The average molecular weight is 517 g/mol. The molecule has 5 rings (SSSR count). The molecule has 1 fully saturated rings. The van der Waals surface area contributed by atoms with Crippen LogP contribution in [0.5, 0.6) is 11.5 Å². The number of aromatic nitrogens is 3. The van der Waals surface area contributed by atoms with Gasteiger partial charge in [-0.25, -0.2) is 4.57 Å². The van der Waals surface area contributed by atoms with E-state index in [2.05, 4.69) is 5.32 Å². The second kappa shape index (κ2) is 10.7. The number of carbonyl (C=O) groups is 1. The molecule has 0 spiro atoms. The molecule has 1 aliphatic carbocycles. The van der Waals surface area contributed by atoms with Crippen molar-refractivity contribution in [1.82, 2.24) is 14.7 Å². The van der Waals surface area contributed by atoms with Crippen LogP contribution in [0.3, 0.4) is 0 Å². The largest absolute Gasteiger partial charge is 0.493 e. The number of nitrogens with zero attached hydrogens (tertiary/aromatic N) is 3. The van der Waals surface area contributed by atoms with Gasteiger partial charge in [-0.1, -0.05) is 36.4 Å². The summed E-state index contributed by atoms with van der Waals surface area (Å²) in [5.41, 5.74) is 9.60. The maximum Gasteiger partial charge on any atom is 0.278 e. The standard InChI is InChI=1S/C29H33N5O4/c1-18-8-7-14-34-26(18)32-27-22(29(34)36)17-21(28(35)31-20-9-5-4-6-10-20)25(30)33(27)15-13-19-11-12-23(37-2)24(16-19)38-3/h7-8,11-12,14,16-17,20,30H,4-6,9-10,13,15H2,1-3H3,(H,31,35)/p+1. The number of hydrogen-bond donors (Lipinski definition) is 2. The number of carbonyl (C=O) groups excluding carboxylic acids is 1. The molecular weight excluding hydrogens is 482 g/mol. The van der Waals surface area contributed by atoms with Crippen LogP contribution in [0.1, 0.15) is 53.6 Å². The summed E-state index contributed by atoms with van der Waals surface area (Å²) in [6.07, 6.45) is 7.56. The molecule has 1 saturated carbocycles. The van der Waals surface area contributed by atoms with Gasteiger partial charge < -0.3 is 20.5 Å². The normalized spacial score (nSPS) is 14.1. The van der Waals surface area contributed by atoms with Crippen LogP contribution >= 0.6 is 0 Å². The number of fused-ring (bicyclic) bond motifs is 2. The number of methoxy groups -OCH3 is 2. The Bertz CT molecular complexity index is 1570. The number of benzene rings is 1. The molecule has 1 aliphatic rings. The zero-order chi connectivity index (χ0) is 26.8. The zero-order valence-electron chi connectivity index (χ0n) is 22.1. The monoisotopic (exact) mass is 516 g/mol. The van der Waals surface area contributed by atoms with E-state index in [-0.39, 0.29) is 23.3 Å². The number of amides is 1. The summed E-state index contributed by atoms with van der Waals surface area (Å²) in [5.74, 6) is 1.30. The van der Waals surface area contributed by atoms with Crippen LogP contribution in [0.15, 0.2) is 47.4 Å². The van der Waals surface area contributed by atoms with Gasteiger partial charge in [0.2, 0.25) is 11.5 Å². The highest BCUT2D eigenvalue weighted by molar-refractivity contribution is 6.00. The van der Waals surface area contributed by atoms with Crippen molar-refractivity contribution in [3.05, 3.63) is 69.6 Å².